The van der Waals surface area contributed by atoms with E-state index in [-0.39, 0.29) is 11.5 Å². The third-order valence-electron chi connectivity index (χ3n) is 4.60. The Bertz CT molecular complexity index is 1010. The summed E-state index contributed by atoms with van der Waals surface area (Å²) in [5.74, 6) is 1.00. The van der Waals surface area contributed by atoms with Crippen molar-refractivity contribution in [3.05, 3.63) is 54.2 Å². The molecule has 7 heteroatoms. The van der Waals surface area contributed by atoms with Gasteiger partial charge in [0.15, 0.2) is 9.84 Å². The van der Waals surface area contributed by atoms with E-state index in [2.05, 4.69) is 34.3 Å². The van der Waals surface area contributed by atoms with Crippen LogP contribution in [-0.4, -0.2) is 47.5 Å². The Labute approximate surface area is 146 Å². The highest BCUT2D eigenvalue weighted by atomic mass is 32.2. The van der Waals surface area contributed by atoms with Gasteiger partial charge in [-0.05, 0) is 23.3 Å². The van der Waals surface area contributed by atoms with Gasteiger partial charge in [-0.2, -0.15) is 5.10 Å². The number of hydrogen-bond acceptors (Lipinski definition) is 5. The monoisotopic (exact) mass is 356 g/mol. The number of sulfone groups is 1. The zero-order valence-electron chi connectivity index (χ0n) is 13.8. The van der Waals surface area contributed by atoms with Crippen LogP contribution in [0.25, 0.3) is 16.6 Å². The molecule has 0 spiro atoms. The van der Waals surface area contributed by atoms with Gasteiger partial charge in [0.05, 0.1) is 17.0 Å². The van der Waals surface area contributed by atoms with Crippen LogP contribution in [0.15, 0.2) is 48.7 Å². The molecule has 0 unspecified atom stereocenters. The van der Waals surface area contributed by atoms with Crippen LogP contribution in [0.3, 0.4) is 0 Å². The number of aromatic nitrogens is 2. The van der Waals surface area contributed by atoms with E-state index < -0.39 is 9.84 Å². The van der Waals surface area contributed by atoms with E-state index in [1.807, 2.05) is 24.4 Å². The molecule has 1 saturated heterocycles. The molecule has 3 heterocycles. The highest BCUT2D eigenvalue weighted by Gasteiger charge is 2.21. The van der Waals surface area contributed by atoms with Gasteiger partial charge < -0.3 is 5.73 Å². The molecule has 1 fully saturated rings. The Hall–Kier alpha value is -2.38. The quantitative estimate of drug-likeness (QED) is 0.774. The lowest BCUT2D eigenvalue weighted by atomic mass is 10.0. The second-order valence-corrected chi connectivity index (χ2v) is 8.75. The summed E-state index contributed by atoms with van der Waals surface area (Å²) in [6.45, 7) is 1.95. The third kappa shape index (κ3) is 3.38. The summed E-state index contributed by atoms with van der Waals surface area (Å²) in [4.78, 5) is 2.19. The number of hydrogen-bond donors (Lipinski definition) is 1. The maximum absolute atomic E-state index is 11.6. The minimum atomic E-state index is -2.84. The second kappa shape index (κ2) is 6.16. The fourth-order valence-electron chi connectivity index (χ4n) is 3.28. The molecule has 4 rings (SSSR count). The van der Waals surface area contributed by atoms with E-state index in [9.17, 15) is 8.42 Å². The summed E-state index contributed by atoms with van der Waals surface area (Å²) in [6, 6.07) is 14.2. The summed E-state index contributed by atoms with van der Waals surface area (Å²) < 4.78 is 24.9. The average molecular weight is 356 g/mol. The number of pyridine rings is 1. The van der Waals surface area contributed by atoms with E-state index >= 15 is 0 Å². The van der Waals surface area contributed by atoms with Crippen molar-refractivity contribution in [2.75, 3.05) is 30.3 Å². The van der Waals surface area contributed by atoms with E-state index in [0.717, 1.165) is 23.2 Å². The first-order valence-corrected chi connectivity index (χ1v) is 10.1. The Morgan fingerprint density at radius 3 is 2.68 bits per heavy atom. The predicted octanol–water partition coefficient (Wildman–Crippen LogP) is 1.81. The summed E-state index contributed by atoms with van der Waals surface area (Å²) in [7, 11) is -2.84. The highest BCUT2D eigenvalue weighted by Crippen LogP contribution is 2.27. The molecule has 1 aliphatic heterocycles. The van der Waals surface area contributed by atoms with Gasteiger partial charge in [-0.15, -0.1) is 0 Å². The molecule has 1 aliphatic rings. The fraction of sp³-hybridized carbons (Fsp3) is 0.278. The van der Waals surface area contributed by atoms with Crippen LogP contribution in [0.2, 0.25) is 0 Å². The molecule has 25 heavy (non-hydrogen) atoms. The number of nitrogens with two attached hydrogens (primary N) is 1. The third-order valence-corrected chi connectivity index (χ3v) is 6.21. The summed E-state index contributed by atoms with van der Waals surface area (Å²) in [6.07, 6.45) is 1.88. The summed E-state index contributed by atoms with van der Waals surface area (Å²) >= 11 is 0. The molecule has 130 valence electrons. The van der Waals surface area contributed by atoms with Gasteiger partial charge in [-0.1, -0.05) is 24.3 Å². The number of fused-ring (bicyclic) bond motifs is 1. The van der Waals surface area contributed by atoms with Gasteiger partial charge in [0, 0.05) is 37.5 Å². The lowest BCUT2D eigenvalue weighted by Gasteiger charge is -2.26. The lowest BCUT2D eigenvalue weighted by molar-refractivity contribution is 0.288. The van der Waals surface area contributed by atoms with Crippen LogP contribution in [0, 0.1) is 0 Å². The smallest absolute Gasteiger partial charge is 0.152 e. The van der Waals surface area contributed by atoms with Crippen molar-refractivity contribution in [2.24, 2.45) is 0 Å². The van der Waals surface area contributed by atoms with Gasteiger partial charge in [0.25, 0.3) is 0 Å². The molecule has 0 radical (unpaired) electrons. The van der Waals surface area contributed by atoms with Gasteiger partial charge in [0.1, 0.15) is 5.82 Å². The maximum Gasteiger partial charge on any atom is 0.152 e. The van der Waals surface area contributed by atoms with E-state index in [1.165, 1.54) is 5.56 Å². The van der Waals surface area contributed by atoms with E-state index in [4.69, 9.17) is 5.73 Å². The largest absolute Gasteiger partial charge is 0.382 e. The zero-order chi connectivity index (χ0) is 17.4. The molecule has 0 aliphatic carbocycles. The van der Waals surface area contributed by atoms with Gasteiger partial charge in [-0.3, -0.25) is 4.90 Å². The highest BCUT2D eigenvalue weighted by molar-refractivity contribution is 7.91. The topological polar surface area (TPSA) is 80.7 Å². The molecule has 0 amide bonds. The summed E-state index contributed by atoms with van der Waals surface area (Å²) in [5.41, 5.74) is 10.2. The van der Waals surface area contributed by atoms with Crippen molar-refractivity contribution in [2.45, 2.75) is 6.54 Å². The fourth-order valence-corrected chi connectivity index (χ4v) is 4.56. The lowest BCUT2D eigenvalue weighted by Crippen LogP contribution is -2.39. The number of anilines is 1. The first kappa shape index (κ1) is 16.1. The molecular formula is C18H20N4O2S. The number of rotatable bonds is 3. The van der Waals surface area contributed by atoms with Crippen molar-refractivity contribution in [3.8, 4) is 11.1 Å². The van der Waals surface area contributed by atoms with E-state index in [0.29, 0.717) is 18.9 Å². The van der Waals surface area contributed by atoms with Crippen molar-refractivity contribution in [1.29, 1.82) is 0 Å². The SMILES string of the molecule is Nc1cc2c(-c3cccc(CN4CCS(=O)(=O)CC4)c3)cccn2n1. The van der Waals surface area contributed by atoms with Crippen LogP contribution >= 0.6 is 0 Å². The zero-order valence-corrected chi connectivity index (χ0v) is 14.6. The normalized spacial score (nSPS) is 17.8. The first-order valence-electron chi connectivity index (χ1n) is 8.26. The average Bonchev–Trinajstić information content (AvgIpc) is 2.97. The van der Waals surface area contributed by atoms with E-state index in [1.54, 1.807) is 4.52 Å². The molecule has 0 atom stereocenters. The second-order valence-electron chi connectivity index (χ2n) is 6.45. The molecule has 0 saturated carbocycles. The Morgan fingerprint density at radius 2 is 1.88 bits per heavy atom. The molecule has 2 aromatic heterocycles. The minimum Gasteiger partial charge on any atom is -0.382 e. The van der Waals surface area contributed by atoms with Gasteiger partial charge in [-0.25, -0.2) is 12.9 Å². The first-order chi connectivity index (χ1) is 12.0. The number of nitrogens with zero attached hydrogens (tertiary/aromatic N) is 3. The Balaban J connectivity index is 1.61. The standard InChI is InChI=1S/C18H20N4O2S/c19-18-12-17-16(5-2-6-22(17)20-18)15-4-1-3-14(11-15)13-21-7-9-25(23,24)10-8-21/h1-6,11-12H,7-10,13H2,(H2,19,20). The number of nitrogen functional groups attached to an aromatic ring is 1. The molecule has 6 nitrogen and oxygen atoms in total. The van der Waals surface area contributed by atoms with Gasteiger partial charge in [0.2, 0.25) is 0 Å². The number of benzene rings is 1. The molecule has 0 bridgehead atoms. The Kier molecular flexibility index (Phi) is 3.97. The molecule has 2 N–H and O–H groups in total. The molecule has 3 aromatic rings. The van der Waals surface area contributed by atoms with Crippen LogP contribution in [-0.2, 0) is 16.4 Å². The van der Waals surface area contributed by atoms with Crippen LogP contribution < -0.4 is 5.73 Å². The van der Waals surface area contributed by atoms with Crippen LogP contribution in [0.1, 0.15) is 5.56 Å². The van der Waals surface area contributed by atoms with Crippen molar-refractivity contribution in [1.82, 2.24) is 14.5 Å². The predicted molar refractivity (Wildman–Crippen MR) is 99.0 cm³/mol. The Morgan fingerprint density at radius 1 is 1.08 bits per heavy atom. The minimum absolute atomic E-state index is 0.251. The van der Waals surface area contributed by atoms with Crippen molar-refractivity contribution in [3.63, 3.8) is 0 Å². The maximum atomic E-state index is 11.6. The van der Waals surface area contributed by atoms with Gasteiger partial charge >= 0.3 is 0 Å². The molecular weight excluding hydrogens is 336 g/mol. The van der Waals surface area contributed by atoms with Crippen molar-refractivity contribution >= 4 is 21.2 Å². The summed E-state index contributed by atoms with van der Waals surface area (Å²) in [5, 5.41) is 4.26. The molecule has 1 aromatic carbocycles. The van der Waals surface area contributed by atoms with Crippen LogP contribution in [0.4, 0.5) is 5.82 Å². The van der Waals surface area contributed by atoms with Crippen LogP contribution in [0.5, 0.6) is 0 Å². The van der Waals surface area contributed by atoms with Crippen molar-refractivity contribution < 1.29 is 8.42 Å².